The van der Waals surface area contributed by atoms with Crippen LogP contribution in [-0.2, 0) is 4.79 Å². The molecule has 1 N–H and O–H groups in total. The van der Waals surface area contributed by atoms with Gasteiger partial charge in [0, 0.05) is 29.6 Å². The summed E-state index contributed by atoms with van der Waals surface area (Å²) in [6, 6.07) is 0.350. The van der Waals surface area contributed by atoms with E-state index in [1.807, 2.05) is 17.1 Å². The van der Waals surface area contributed by atoms with Crippen molar-refractivity contribution in [3.63, 3.8) is 0 Å². The van der Waals surface area contributed by atoms with Gasteiger partial charge in [-0.15, -0.1) is 0 Å². The lowest BCUT2D eigenvalue weighted by atomic mass is 10.1. The number of carbonyl (C=O) groups is 1. The van der Waals surface area contributed by atoms with Gasteiger partial charge in [-0.05, 0) is 20.3 Å². The summed E-state index contributed by atoms with van der Waals surface area (Å²) in [6.07, 6.45) is 4.75. The van der Waals surface area contributed by atoms with E-state index in [0.29, 0.717) is 12.0 Å². The van der Waals surface area contributed by atoms with Crippen molar-refractivity contribution in [1.82, 2.24) is 15.2 Å². The second-order valence-electron chi connectivity index (χ2n) is 4.72. The smallest absolute Gasteiger partial charge is 0.243 e. The zero-order valence-electron chi connectivity index (χ0n) is 9.34. The van der Waals surface area contributed by atoms with E-state index in [1.54, 1.807) is 0 Å². The number of aromatic nitrogens is 2. The molecule has 0 saturated heterocycles. The van der Waals surface area contributed by atoms with E-state index < -0.39 is 0 Å². The van der Waals surface area contributed by atoms with Gasteiger partial charge in [0.15, 0.2) is 0 Å². The molecule has 84 valence electrons. The summed E-state index contributed by atoms with van der Waals surface area (Å²) in [5, 5.41) is 8.43. The number of amides is 1. The first-order valence-corrected chi connectivity index (χ1v) is 5.59. The van der Waals surface area contributed by atoms with Gasteiger partial charge in [0.05, 0.1) is 11.9 Å². The first kappa shape index (κ1) is 9.57. The van der Waals surface area contributed by atoms with Crippen molar-refractivity contribution in [1.29, 1.82) is 0 Å². The minimum Gasteiger partial charge on any atom is -0.273 e. The Kier molecular flexibility index (Phi) is 1.89. The highest BCUT2D eigenvalue weighted by Gasteiger charge is 2.49. The monoisotopic (exact) mass is 218 g/mol. The highest BCUT2D eigenvalue weighted by molar-refractivity contribution is 6.09. The van der Waals surface area contributed by atoms with E-state index >= 15 is 0 Å². The van der Waals surface area contributed by atoms with E-state index in [2.05, 4.69) is 29.5 Å². The molecule has 2 unspecified atom stereocenters. The molecule has 1 aliphatic carbocycles. The van der Waals surface area contributed by atoms with Crippen LogP contribution in [0.25, 0.3) is 0 Å². The lowest BCUT2D eigenvalue weighted by Crippen LogP contribution is -2.28. The van der Waals surface area contributed by atoms with Crippen molar-refractivity contribution in [3.8, 4) is 0 Å². The van der Waals surface area contributed by atoms with E-state index in [1.165, 1.54) is 0 Å². The van der Waals surface area contributed by atoms with E-state index in [-0.39, 0.29) is 11.8 Å². The van der Waals surface area contributed by atoms with Crippen LogP contribution in [0.15, 0.2) is 17.5 Å². The zero-order valence-corrected chi connectivity index (χ0v) is 9.34. The Labute approximate surface area is 93.5 Å². The summed E-state index contributed by atoms with van der Waals surface area (Å²) >= 11 is 0. The van der Waals surface area contributed by atoms with Crippen molar-refractivity contribution in [3.05, 3.63) is 18.0 Å². The minimum absolute atomic E-state index is 0.0602. The number of hydrogen-bond donors (Lipinski definition) is 1. The SMILES string of the molecule is CC(C)n1cc(C2=NNC(=O)C3CC23)cn1. The quantitative estimate of drug-likeness (QED) is 0.802. The van der Waals surface area contributed by atoms with Gasteiger partial charge in [-0.3, -0.25) is 9.48 Å². The highest BCUT2D eigenvalue weighted by atomic mass is 16.2. The molecule has 16 heavy (non-hydrogen) atoms. The summed E-state index contributed by atoms with van der Waals surface area (Å²) in [5.74, 6) is 0.526. The Morgan fingerprint density at radius 2 is 2.31 bits per heavy atom. The fraction of sp³-hybridized carbons (Fsp3) is 0.545. The zero-order chi connectivity index (χ0) is 11.3. The van der Waals surface area contributed by atoms with Crippen LogP contribution in [0.5, 0.6) is 0 Å². The third-order valence-corrected chi connectivity index (χ3v) is 3.19. The molecule has 0 bridgehead atoms. The molecular formula is C11H14N4O. The summed E-state index contributed by atoms with van der Waals surface area (Å²) < 4.78 is 1.91. The van der Waals surface area contributed by atoms with Crippen LogP contribution < -0.4 is 5.43 Å². The average Bonchev–Trinajstić information content (AvgIpc) is 2.89. The van der Waals surface area contributed by atoms with Crippen molar-refractivity contribution < 1.29 is 4.79 Å². The molecule has 2 heterocycles. The van der Waals surface area contributed by atoms with Crippen molar-refractivity contribution in [2.45, 2.75) is 26.3 Å². The fourth-order valence-electron chi connectivity index (χ4n) is 2.10. The van der Waals surface area contributed by atoms with Gasteiger partial charge < -0.3 is 0 Å². The third kappa shape index (κ3) is 1.35. The highest BCUT2D eigenvalue weighted by Crippen LogP contribution is 2.43. The second kappa shape index (κ2) is 3.17. The maximum Gasteiger partial charge on any atom is 0.243 e. The standard InChI is InChI=1S/C11H14N4O/c1-6(2)15-5-7(4-12-15)10-8-3-9(8)11(16)14-13-10/h4-6,8-9H,3H2,1-2H3,(H,14,16). The minimum atomic E-state index is 0.0602. The number of rotatable bonds is 2. The molecule has 1 aromatic rings. The molecular weight excluding hydrogens is 204 g/mol. The Balaban J connectivity index is 1.90. The summed E-state index contributed by atoms with van der Waals surface area (Å²) in [7, 11) is 0. The summed E-state index contributed by atoms with van der Waals surface area (Å²) in [6.45, 7) is 4.17. The first-order valence-electron chi connectivity index (χ1n) is 5.59. The van der Waals surface area contributed by atoms with Crippen LogP contribution in [0.1, 0.15) is 31.9 Å². The molecule has 0 aromatic carbocycles. The molecule has 1 saturated carbocycles. The molecule has 0 radical (unpaired) electrons. The predicted molar refractivity (Wildman–Crippen MR) is 58.9 cm³/mol. The third-order valence-electron chi connectivity index (χ3n) is 3.19. The lowest BCUT2D eigenvalue weighted by Gasteiger charge is -2.09. The largest absolute Gasteiger partial charge is 0.273 e. The summed E-state index contributed by atoms with van der Waals surface area (Å²) in [4.78, 5) is 11.3. The van der Waals surface area contributed by atoms with Crippen molar-refractivity contribution >= 4 is 11.6 Å². The number of hydrazone groups is 1. The van der Waals surface area contributed by atoms with Gasteiger partial charge in [0.1, 0.15) is 0 Å². The van der Waals surface area contributed by atoms with Crippen LogP contribution in [-0.4, -0.2) is 21.4 Å². The molecule has 0 spiro atoms. The van der Waals surface area contributed by atoms with Gasteiger partial charge in [0.25, 0.3) is 0 Å². The maximum absolute atomic E-state index is 11.3. The average molecular weight is 218 g/mol. The Morgan fingerprint density at radius 3 is 3.00 bits per heavy atom. The van der Waals surface area contributed by atoms with E-state index in [9.17, 15) is 4.79 Å². The maximum atomic E-state index is 11.3. The normalized spacial score (nSPS) is 27.4. The molecule has 5 heteroatoms. The summed E-state index contributed by atoms with van der Waals surface area (Å²) in [5.41, 5.74) is 4.58. The van der Waals surface area contributed by atoms with Crippen LogP contribution in [0, 0.1) is 11.8 Å². The van der Waals surface area contributed by atoms with Crippen LogP contribution in [0.3, 0.4) is 0 Å². The number of nitrogens with zero attached hydrogens (tertiary/aromatic N) is 3. The second-order valence-corrected chi connectivity index (χ2v) is 4.72. The Hall–Kier alpha value is -1.65. The van der Waals surface area contributed by atoms with Gasteiger partial charge in [0.2, 0.25) is 5.91 Å². The molecule has 2 atom stereocenters. The number of nitrogens with one attached hydrogen (secondary N) is 1. The molecule has 2 aliphatic rings. The van der Waals surface area contributed by atoms with E-state index in [0.717, 1.165) is 17.7 Å². The molecule has 1 aliphatic heterocycles. The van der Waals surface area contributed by atoms with E-state index in [4.69, 9.17) is 0 Å². The van der Waals surface area contributed by atoms with Crippen molar-refractivity contribution in [2.24, 2.45) is 16.9 Å². The Bertz CT molecular complexity index is 474. The van der Waals surface area contributed by atoms with Gasteiger partial charge in [-0.25, -0.2) is 5.43 Å². The molecule has 5 nitrogen and oxygen atoms in total. The number of carbonyl (C=O) groups excluding carboxylic acids is 1. The van der Waals surface area contributed by atoms with Gasteiger partial charge >= 0.3 is 0 Å². The topological polar surface area (TPSA) is 59.3 Å². The molecule has 1 amide bonds. The molecule has 1 aromatic heterocycles. The van der Waals surface area contributed by atoms with Crippen LogP contribution in [0.4, 0.5) is 0 Å². The number of fused-ring (bicyclic) bond motifs is 1. The van der Waals surface area contributed by atoms with Crippen LogP contribution >= 0.6 is 0 Å². The van der Waals surface area contributed by atoms with Gasteiger partial charge in [-0.1, -0.05) is 0 Å². The lowest BCUT2D eigenvalue weighted by molar-refractivity contribution is -0.122. The first-order chi connectivity index (χ1) is 7.66. The molecule has 1 fully saturated rings. The molecule has 3 rings (SSSR count). The van der Waals surface area contributed by atoms with Crippen molar-refractivity contribution in [2.75, 3.05) is 0 Å². The Morgan fingerprint density at radius 1 is 1.50 bits per heavy atom. The number of hydrogen-bond acceptors (Lipinski definition) is 3. The predicted octanol–water partition coefficient (Wildman–Crippen LogP) is 0.934. The fourth-order valence-corrected chi connectivity index (χ4v) is 2.10. The van der Waals surface area contributed by atoms with Gasteiger partial charge in [-0.2, -0.15) is 10.2 Å². The van der Waals surface area contributed by atoms with Crippen LogP contribution in [0.2, 0.25) is 0 Å².